The quantitative estimate of drug-likeness (QED) is 0.892. The van der Waals surface area contributed by atoms with Gasteiger partial charge in [-0.05, 0) is 49.1 Å². The van der Waals surface area contributed by atoms with Crippen molar-refractivity contribution in [3.8, 4) is 5.75 Å². The molecule has 1 unspecified atom stereocenters. The van der Waals surface area contributed by atoms with E-state index in [9.17, 15) is 0 Å². The highest BCUT2D eigenvalue weighted by Crippen LogP contribution is 2.35. The lowest BCUT2D eigenvalue weighted by Gasteiger charge is -2.30. The Labute approximate surface area is 124 Å². The van der Waals surface area contributed by atoms with Gasteiger partial charge in [-0.3, -0.25) is 0 Å². The van der Waals surface area contributed by atoms with Crippen LogP contribution in [0.15, 0.2) is 16.6 Å². The molecular weight excluding hydrogens is 302 g/mol. The van der Waals surface area contributed by atoms with Crippen molar-refractivity contribution in [2.24, 2.45) is 5.92 Å². The van der Waals surface area contributed by atoms with E-state index in [2.05, 4.69) is 40.4 Å². The molecule has 0 aromatic heterocycles. The molecular formula is C16H22BrNO. The maximum absolute atomic E-state index is 5.83. The molecule has 19 heavy (non-hydrogen) atoms. The molecule has 0 spiro atoms. The van der Waals surface area contributed by atoms with Gasteiger partial charge < -0.3 is 10.1 Å². The van der Waals surface area contributed by atoms with E-state index in [0.717, 1.165) is 31.1 Å². The molecule has 2 aliphatic rings. The summed E-state index contributed by atoms with van der Waals surface area (Å²) in [7, 11) is 2.09. The fraction of sp³-hybridized carbons (Fsp3) is 0.625. The normalized spacial score (nSPS) is 19.7. The number of ether oxygens (including phenoxy) is 1. The maximum Gasteiger partial charge on any atom is 0.125 e. The Morgan fingerprint density at radius 3 is 2.95 bits per heavy atom. The Morgan fingerprint density at radius 2 is 2.26 bits per heavy atom. The monoisotopic (exact) mass is 323 g/mol. The van der Waals surface area contributed by atoms with E-state index in [1.165, 1.54) is 41.3 Å². The van der Waals surface area contributed by atoms with Gasteiger partial charge in [0.2, 0.25) is 0 Å². The zero-order valence-electron chi connectivity index (χ0n) is 11.5. The summed E-state index contributed by atoms with van der Waals surface area (Å²) in [6.07, 6.45) is 7.70. The van der Waals surface area contributed by atoms with E-state index in [1.807, 2.05) is 0 Å². The van der Waals surface area contributed by atoms with Gasteiger partial charge in [0.25, 0.3) is 0 Å². The van der Waals surface area contributed by atoms with Gasteiger partial charge in [-0.1, -0.05) is 35.2 Å². The molecule has 1 saturated carbocycles. The van der Waals surface area contributed by atoms with E-state index >= 15 is 0 Å². The summed E-state index contributed by atoms with van der Waals surface area (Å²) >= 11 is 3.63. The van der Waals surface area contributed by atoms with Crippen molar-refractivity contribution in [1.82, 2.24) is 5.32 Å². The third kappa shape index (κ3) is 2.97. The van der Waals surface area contributed by atoms with Gasteiger partial charge in [0.05, 0.1) is 6.61 Å². The number of hydrogen-bond acceptors (Lipinski definition) is 2. The Hall–Kier alpha value is -0.540. The Kier molecular flexibility index (Phi) is 4.13. The highest BCUT2D eigenvalue weighted by Gasteiger charge is 2.24. The second-order valence-corrected chi connectivity index (χ2v) is 6.79. The van der Waals surface area contributed by atoms with Crippen molar-refractivity contribution in [3.63, 3.8) is 0 Å². The number of rotatable bonds is 5. The molecule has 0 bridgehead atoms. The van der Waals surface area contributed by atoms with Crippen LogP contribution in [0.4, 0.5) is 0 Å². The first-order valence-electron chi connectivity index (χ1n) is 7.37. The average Bonchev–Trinajstić information content (AvgIpc) is 2.79. The van der Waals surface area contributed by atoms with Crippen LogP contribution in [0, 0.1) is 5.92 Å². The lowest BCUT2D eigenvalue weighted by molar-refractivity contribution is 0.262. The lowest BCUT2D eigenvalue weighted by Crippen LogP contribution is -2.32. The number of likely N-dealkylation sites (N-methyl/N-ethyl adjacent to an activating group) is 1. The highest BCUT2D eigenvalue weighted by molar-refractivity contribution is 9.10. The van der Waals surface area contributed by atoms with Gasteiger partial charge in [0, 0.05) is 16.9 Å². The number of nitrogens with one attached hydrogen (secondary N) is 1. The summed E-state index contributed by atoms with van der Waals surface area (Å²) in [4.78, 5) is 0. The SMILES string of the molecule is CNC(Cc1cc(Br)cc2c1OCC2)CC1CCC1. The molecule has 1 aromatic carbocycles. The molecule has 1 aliphatic heterocycles. The van der Waals surface area contributed by atoms with Gasteiger partial charge in [0.15, 0.2) is 0 Å². The molecule has 104 valence electrons. The summed E-state index contributed by atoms with van der Waals surface area (Å²) in [5.41, 5.74) is 2.73. The predicted molar refractivity (Wildman–Crippen MR) is 81.9 cm³/mol. The molecule has 1 aromatic rings. The Balaban J connectivity index is 1.74. The summed E-state index contributed by atoms with van der Waals surface area (Å²) in [5.74, 6) is 2.09. The minimum absolute atomic E-state index is 0.577. The van der Waals surface area contributed by atoms with Crippen LogP contribution in [0.3, 0.4) is 0 Å². The van der Waals surface area contributed by atoms with Crippen LogP contribution < -0.4 is 10.1 Å². The van der Waals surface area contributed by atoms with Gasteiger partial charge in [0.1, 0.15) is 5.75 Å². The fourth-order valence-electron chi connectivity index (χ4n) is 3.20. The molecule has 3 rings (SSSR count). The van der Waals surface area contributed by atoms with Crippen molar-refractivity contribution in [2.75, 3.05) is 13.7 Å². The zero-order valence-corrected chi connectivity index (χ0v) is 13.1. The molecule has 1 N–H and O–H groups in total. The number of halogens is 1. The number of fused-ring (bicyclic) bond motifs is 1. The first kappa shape index (κ1) is 13.4. The molecule has 1 heterocycles. The van der Waals surface area contributed by atoms with Crippen LogP contribution in [0.5, 0.6) is 5.75 Å². The van der Waals surface area contributed by atoms with Crippen molar-refractivity contribution >= 4 is 15.9 Å². The smallest absolute Gasteiger partial charge is 0.125 e. The van der Waals surface area contributed by atoms with E-state index in [0.29, 0.717) is 6.04 Å². The van der Waals surface area contributed by atoms with Gasteiger partial charge in [-0.15, -0.1) is 0 Å². The second-order valence-electron chi connectivity index (χ2n) is 5.87. The summed E-state index contributed by atoms with van der Waals surface area (Å²) in [5, 5.41) is 3.49. The molecule has 0 saturated heterocycles. The Morgan fingerprint density at radius 1 is 1.42 bits per heavy atom. The number of hydrogen-bond donors (Lipinski definition) is 1. The van der Waals surface area contributed by atoms with Crippen LogP contribution in [-0.4, -0.2) is 19.7 Å². The van der Waals surface area contributed by atoms with E-state index < -0.39 is 0 Å². The maximum atomic E-state index is 5.83. The predicted octanol–water partition coefficient (Wildman–Crippen LogP) is 3.70. The molecule has 1 fully saturated rings. The van der Waals surface area contributed by atoms with Crippen LogP contribution >= 0.6 is 15.9 Å². The topological polar surface area (TPSA) is 21.3 Å². The third-order valence-electron chi connectivity index (χ3n) is 4.54. The van der Waals surface area contributed by atoms with Gasteiger partial charge >= 0.3 is 0 Å². The molecule has 1 aliphatic carbocycles. The summed E-state index contributed by atoms with van der Waals surface area (Å²) in [6, 6.07) is 5.01. The first-order chi connectivity index (χ1) is 9.26. The standard InChI is InChI=1S/C16H22BrNO/c1-18-15(7-11-3-2-4-11)10-13-9-14(17)8-12-5-6-19-16(12)13/h8-9,11,15,18H,2-7,10H2,1H3. The zero-order chi connectivity index (χ0) is 13.2. The van der Waals surface area contributed by atoms with Crippen LogP contribution in [0.25, 0.3) is 0 Å². The lowest BCUT2D eigenvalue weighted by atomic mass is 9.80. The first-order valence-corrected chi connectivity index (χ1v) is 8.17. The molecule has 3 heteroatoms. The van der Waals surface area contributed by atoms with E-state index in [-0.39, 0.29) is 0 Å². The number of benzene rings is 1. The largest absolute Gasteiger partial charge is 0.493 e. The second kappa shape index (κ2) is 5.84. The van der Waals surface area contributed by atoms with Crippen LogP contribution in [0.2, 0.25) is 0 Å². The van der Waals surface area contributed by atoms with Gasteiger partial charge in [-0.2, -0.15) is 0 Å². The molecule has 0 radical (unpaired) electrons. The molecule has 2 nitrogen and oxygen atoms in total. The highest BCUT2D eigenvalue weighted by atomic mass is 79.9. The van der Waals surface area contributed by atoms with Crippen molar-refractivity contribution in [1.29, 1.82) is 0 Å². The third-order valence-corrected chi connectivity index (χ3v) is 5.00. The Bertz CT molecular complexity index is 456. The fourth-order valence-corrected chi connectivity index (χ4v) is 3.75. The van der Waals surface area contributed by atoms with Crippen LogP contribution in [-0.2, 0) is 12.8 Å². The summed E-state index contributed by atoms with van der Waals surface area (Å²) in [6.45, 7) is 0.839. The average molecular weight is 324 g/mol. The minimum Gasteiger partial charge on any atom is -0.493 e. The molecule has 1 atom stereocenters. The van der Waals surface area contributed by atoms with E-state index in [4.69, 9.17) is 4.74 Å². The van der Waals surface area contributed by atoms with Crippen LogP contribution in [0.1, 0.15) is 36.8 Å². The van der Waals surface area contributed by atoms with E-state index in [1.54, 1.807) is 0 Å². The van der Waals surface area contributed by atoms with Gasteiger partial charge in [-0.25, -0.2) is 0 Å². The molecule has 0 amide bonds. The summed E-state index contributed by atoms with van der Waals surface area (Å²) < 4.78 is 7.01. The van der Waals surface area contributed by atoms with Crippen molar-refractivity contribution in [2.45, 2.75) is 44.6 Å². The van der Waals surface area contributed by atoms with Crippen molar-refractivity contribution < 1.29 is 4.74 Å². The van der Waals surface area contributed by atoms with Crippen molar-refractivity contribution in [3.05, 3.63) is 27.7 Å². The minimum atomic E-state index is 0.577.